The number of hydrogen-bond donors (Lipinski definition) is 7. The number of nitrogens with zero attached hydrogens (tertiary/aromatic N) is 3. The summed E-state index contributed by atoms with van der Waals surface area (Å²) < 4.78 is 188. The van der Waals surface area contributed by atoms with Crippen molar-refractivity contribution in [2.75, 3.05) is 112 Å². The number of fused-ring (bicyclic) bond motifs is 1. The number of amides is 2. The molecule has 3 aromatic rings. The van der Waals surface area contributed by atoms with Crippen LogP contribution >= 0.6 is 62.6 Å². The Balaban J connectivity index is 0.629. The number of carbonyl (C=O) groups excluding carboxylic acids is 2. The lowest BCUT2D eigenvalue weighted by Gasteiger charge is -2.38. The van der Waals surface area contributed by atoms with E-state index in [9.17, 15) is 115 Å². The maximum absolute atomic E-state index is 12.7. The highest BCUT2D eigenvalue weighted by Crippen LogP contribution is 2.71. The molecular formula is C60H90N8O43P8-8. The monoisotopic (exact) mass is 1860 g/mol. The van der Waals surface area contributed by atoms with Crippen LogP contribution in [0.3, 0.4) is 0 Å². The summed E-state index contributed by atoms with van der Waals surface area (Å²) in [6.45, 7) is 2.63. The third-order valence-electron chi connectivity index (χ3n) is 17.0. The van der Waals surface area contributed by atoms with Gasteiger partial charge in [0.05, 0.1) is 110 Å². The van der Waals surface area contributed by atoms with Crippen LogP contribution in [0.1, 0.15) is 120 Å². The molecule has 59 heteroatoms. The molecule has 3 fully saturated rings. The largest absolute Gasteiger partial charge is 0.756 e. The molecular weight excluding hydrogens is 1770 g/mol. The van der Waals surface area contributed by atoms with Crippen LogP contribution in [0.4, 0.5) is 4.79 Å². The number of unbranched alkanes of at least 4 members (excludes halogenated alkanes) is 3. The minimum atomic E-state index is -6.99. The number of hydrazone groups is 1. The molecule has 2 amide bonds. The highest BCUT2D eigenvalue weighted by molar-refractivity contribution is 7.71. The van der Waals surface area contributed by atoms with Gasteiger partial charge in [0.25, 0.3) is 73.7 Å². The van der Waals surface area contributed by atoms with Gasteiger partial charge < -0.3 is 125 Å². The molecule has 0 bridgehead atoms. The van der Waals surface area contributed by atoms with E-state index in [1.807, 2.05) is 36.2 Å². The smallest absolute Gasteiger partial charge is 0.407 e. The van der Waals surface area contributed by atoms with E-state index in [1.54, 1.807) is 0 Å². The van der Waals surface area contributed by atoms with Crippen LogP contribution in [0.2, 0.25) is 0 Å². The molecule has 0 spiro atoms. The highest BCUT2D eigenvalue weighted by Gasteiger charge is 2.40. The lowest BCUT2D eigenvalue weighted by molar-refractivity contribution is -0.257. The van der Waals surface area contributed by atoms with Gasteiger partial charge in [-0.25, -0.2) is 35.9 Å². The summed E-state index contributed by atoms with van der Waals surface area (Å²) in [6, 6.07) is 7.52. The van der Waals surface area contributed by atoms with Crippen molar-refractivity contribution in [1.29, 1.82) is 0 Å². The van der Waals surface area contributed by atoms with E-state index in [2.05, 4.69) is 51.6 Å². The van der Waals surface area contributed by atoms with Gasteiger partial charge >= 0.3 is 17.5 Å². The van der Waals surface area contributed by atoms with Gasteiger partial charge in [-0.05, 0) is 108 Å². The molecule has 119 heavy (non-hydrogen) atoms. The molecule has 0 radical (unpaired) electrons. The average molecular weight is 1860 g/mol. The molecule has 51 nitrogen and oxygen atoms in total. The van der Waals surface area contributed by atoms with Gasteiger partial charge in [-0.3, -0.25) is 75.4 Å². The Morgan fingerprint density at radius 3 is 1.49 bits per heavy atom. The fourth-order valence-electron chi connectivity index (χ4n) is 11.4. The molecule has 676 valence electrons. The minimum Gasteiger partial charge on any atom is -0.756 e. The number of aliphatic hydroxyl groups excluding tert-OH is 2. The van der Waals surface area contributed by atoms with Crippen LogP contribution < -0.4 is 82.4 Å². The standard InChI is InChI=1S/C60H98N8O43P8/c1-40-36-67(58(74)63-56(40)72)53-34-48(69)50(105-53)38-102-113(79,80)99-23-9-22-98-112(77,78)101-25-20-62-60(76)104-45-10-8-11-47-46(17-16-45)42(3)65-66-55(47)43-12-14-44(15-13-43)97-33-32-96-31-30-95-29-28-94-27-26-93-24-18-52(71)61-19-6-4-5-7-21-100-114(81,82)107-116(85,86)109-118(89,90)111-119(91,92)110-117(87,88)108-115(83,84)103-39-51-49(70)35-54(106-51)68-37-41(2)57(73)64-59(68)75/h12-15,36-37,45,47-51,53-54,65,69-70H,4-11,16-35,38-39H2,1-3H3,(H,61,71)(H,62,76)(H,77,78)(H,79,80)(H,81,82)(H,83,84)(H,85,86)(H,87,88)(H,89,90)(H,91,92)(H,63,72,74)(H,64,73,75)/p-8/t45?,47?,48?,49?,50-,51-,53-,54-/m1/s1. The number of aromatic nitrogens is 4. The number of benzene rings is 1. The van der Waals surface area contributed by atoms with Crippen LogP contribution in [-0.2, 0) is 123 Å². The molecule has 1 saturated carbocycles. The first-order valence-corrected chi connectivity index (χ1v) is 48.1. The van der Waals surface area contributed by atoms with Gasteiger partial charge in [0.1, 0.15) is 43.1 Å². The number of aliphatic hydroxyl groups is 2. The maximum Gasteiger partial charge on any atom is 0.407 e. The number of phosphoric ester groups is 4. The zero-order valence-corrected chi connectivity index (χ0v) is 71.0. The van der Waals surface area contributed by atoms with E-state index in [0.29, 0.717) is 57.5 Å². The van der Waals surface area contributed by atoms with Gasteiger partial charge in [0.2, 0.25) is 5.91 Å². The molecule has 16 atom stereocenters. The van der Waals surface area contributed by atoms with Crippen LogP contribution in [0.15, 0.2) is 72.2 Å². The van der Waals surface area contributed by atoms with Crippen molar-refractivity contribution in [3.63, 3.8) is 0 Å². The van der Waals surface area contributed by atoms with Crippen molar-refractivity contribution < 1.29 is 182 Å². The van der Waals surface area contributed by atoms with Crippen molar-refractivity contribution in [2.45, 2.75) is 147 Å². The maximum atomic E-state index is 12.7. The predicted octanol–water partition coefficient (Wildman–Crippen LogP) is -1.21. The van der Waals surface area contributed by atoms with E-state index in [4.69, 9.17) is 61.1 Å². The summed E-state index contributed by atoms with van der Waals surface area (Å²) >= 11 is 0. The van der Waals surface area contributed by atoms with Gasteiger partial charge in [0, 0.05) is 67.5 Å². The zero-order chi connectivity index (χ0) is 87.4. The van der Waals surface area contributed by atoms with E-state index in [-0.39, 0.29) is 114 Å². The number of phosphoric acid groups is 8. The summed E-state index contributed by atoms with van der Waals surface area (Å²) in [5, 5.41) is 30.4. The Bertz CT molecular complexity index is 4570. The molecule has 2 aromatic heterocycles. The number of H-pyrrole nitrogens is 2. The number of nitrogens with one attached hydrogen (secondary N) is 5. The lowest BCUT2D eigenvalue weighted by atomic mass is 9.79. The number of aryl methyl sites for hydroxylation is 2. The van der Waals surface area contributed by atoms with E-state index < -0.39 is 180 Å². The SMILES string of the molecule is CC1=C2CCC(OC(=O)NCCOP(=O)([O-])OCCCOP(=O)([O-])OC[C@H]3O[C@@H](n4cc(C)c(=O)[nH]c4=O)CC3O)CCCC2C(c2ccc(OCCOCCOCCOCCOCCC(=O)NCCCCCCOP(=O)([O-])OP(=O)([O-])OP(=O)([O-])OP(=O)([O-])OP(=O)([O-])OP(=O)([O-])OC[C@H]3O[C@@H](n4cc(C)c(=O)[nH]c4=O)CC3O)cc2)=NN1. The van der Waals surface area contributed by atoms with E-state index in [1.165, 1.54) is 20.0 Å². The summed E-state index contributed by atoms with van der Waals surface area (Å²) in [7, 11) is -49.6. The van der Waals surface area contributed by atoms with Crippen molar-refractivity contribution in [3.8, 4) is 5.75 Å². The number of rotatable bonds is 54. The van der Waals surface area contributed by atoms with Crippen molar-refractivity contribution in [1.82, 2.24) is 35.2 Å². The normalized spacial score (nSPS) is 23.7. The molecule has 1 aromatic carbocycles. The van der Waals surface area contributed by atoms with Crippen molar-refractivity contribution >= 4 is 80.3 Å². The number of alkyl carbamates (subject to hydrolysis) is 1. The third kappa shape index (κ3) is 36.7. The second-order valence-electron chi connectivity index (χ2n) is 26.2. The fraction of sp³-hybridized carbons (Fsp3) is 0.683. The first kappa shape index (κ1) is 101. The van der Waals surface area contributed by atoms with Gasteiger partial charge in [0.15, 0.2) is 0 Å². The predicted molar refractivity (Wildman–Crippen MR) is 386 cm³/mol. The Morgan fingerprint density at radius 1 is 0.513 bits per heavy atom. The molecule has 1 aliphatic carbocycles. The first-order valence-electron chi connectivity index (χ1n) is 36.4. The number of aromatic amines is 2. The Hall–Kier alpha value is -4.91. The number of hydrogen-bond acceptors (Lipinski definition) is 45. The molecule has 12 unspecified atom stereocenters. The fourth-order valence-corrected chi connectivity index (χ4v) is 20.4. The molecule has 3 aliphatic heterocycles. The third-order valence-corrected chi connectivity index (χ3v) is 27.9. The average Bonchev–Trinajstić information content (AvgIpc) is 1.67. The quantitative estimate of drug-likeness (QED) is 0.0257. The number of carbonyl (C=O) groups is 2. The van der Waals surface area contributed by atoms with E-state index >= 15 is 0 Å². The van der Waals surface area contributed by atoms with Gasteiger partial charge in [-0.2, -0.15) is 5.10 Å². The summed E-state index contributed by atoms with van der Waals surface area (Å²) in [4.78, 5) is 174. The summed E-state index contributed by atoms with van der Waals surface area (Å²) in [6.07, 6.45) is -3.53. The molecule has 7 rings (SSSR count). The topological polar surface area (TPSA) is 729 Å². The number of allylic oxidation sites excluding steroid dienone is 2. The Labute approximate surface area is 677 Å². The van der Waals surface area contributed by atoms with Crippen molar-refractivity contribution in [3.05, 3.63) is 106 Å². The molecule has 2 saturated heterocycles. The van der Waals surface area contributed by atoms with Crippen LogP contribution in [0.25, 0.3) is 0 Å². The van der Waals surface area contributed by atoms with Crippen molar-refractivity contribution in [2.24, 2.45) is 11.0 Å². The lowest BCUT2D eigenvalue weighted by Crippen LogP contribution is -2.34. The van der Waals surface area contributed by atoms with Crippen LogP contribution in [-0.4, -0.2) is 190 Å². The van der Waals surface area contributed by atoms with Gasteiger partial charge in [-0.1, -0.05) is 12.8 Å². The first-order chi connectivity index (χ1) is 55.9. The molecule has 4 aliphatic rings. The summed E-state index contributed by atoms with van der Waals surface area (Å²) in [5.41, 5.74) is 4.03. The second kappa shape index (κ2) is 47.4. The molecule has 7 N–H and O–H groups in total. The van der Waals surface area contributed by atoms with E-state index in [0.717, 1.165) is 44.3 Å². The van der Waals surface area contributed by atoms with Crippen LogP contribution in [0, 0.1) is 19.8 Å². The Morgan fingerprint density at radius 2 is 0.958 bits per heavy atom. The van der Waals surface area contributed by atoms with Crippen LogP contribution in [0.5, 0.6) is 5.75 Å². The Kier molecular flexibility index (Phi) is 40.3. The second-order valence-corrected chi connectivity index (χ2v) is 38.1. The molecule has 5 heterocycles. The highest BCUT2D eigenvalue weighted by atomic mass is 31.3. The van der Waals surface area contributed by atoms with Gasteiger partial charge in [-0.15, -0.1) is 0 Å². The minimum absolute atomic E-state index is 0.00501. The number of ether oxygens (including phenoxy) is 8. The zero-order valence-electron chi connectivity index (χ0n) is 63.8. The summed E-state index contributed by atoms with van der Waals surface area (Å²) in [5.74, 6) is 0.287.